The molecule has 1 heterocycles. The molecule has 3 aromatic rings. The first kappa shape index (κ1) is 24.4. The highest BCUT2D eigenvalue weighted by atomic mass is 32.2. The van der Waals surface area contributed by atoms with E-state index in [-0.39, 0.29) is 24.6 Å². The van der Waals surface area contributed by atoms with Crippen molar-refractivity contribution in [3.63, 3.8) is 0 Å². The van der Waals surface area contributed by atoms with E-state index in [1.54, 1.807) is 67.8 Å². The molecule has 0 aliphatic carbocycles. The number of fused-ring (bicyclic) bond motifs is 1. The number of carbonyl (C=O) groups excluding carboxylic acids is 1. The first-order chi connectivity index (χ1) is 16.8. The summed E-state index contributed by atoms with van der Waals surface area (Å²) in [5.41, 5.74) is 2.25. The van der Waals surface area contributed by atoms with Gasteiger partial charge >= 0.3 is 0 Å². The Kier molecular flexibility index (Phi) is 7.16. The van der Waals surface area contributed by atoms with Crippen LogP contribution in [0, 0.1) is 13.8 Å². The van der Waals surface area contributed by atoms with Gasteiger partial charge in [0.2, 0.25) is 0 Å². The predicted octanol–water partition coefficient (Wildman–Crippen LogP) is 3.46. The number of anilines is 1. The molecule has 1 atom stereocenters. The van der Waals surface area contributed by atoms with E-state index >= 15 is 0 Å². The molecule has 1 aliphatic heterocycles. The molecule has 35 heavy (non-hydrogen) atoms. The lowest BCUT2D eigenvalue weighted by Gasteiger charge is -2.35. The van der Waals surface area contributed by atoms with Gasteiger partial charge in [-0.1, -0.05) is 23.8 Å². The van der Waals surface area contributed by atoms with E-state index in [1.807, 2.05) is 19.9 Å². The van der Waals surface area contributed by atoms with E-state index in [9.17, 15) is 13.2 Å². The number of carbonyl (C=O) groups is 1. The minimum Gasteiger partial charge on any atom is -0.497 e. The molecule has 0 spiro atoms. The Bertz CT molecular complexity index is 1290. The Balaban J connectivity index is 1.46. The van der Waals surface area contributed by atoms with Crippen LogP contribution in [0.25, 0.3) is 0 Å². The van der Waals surface area contributed by atoms with Crippen LogP contribution in [0.1, 0.15) is 11.1 Å². The highest BCUT2D eigenvalue weighted by molar-refractivity contribution is 7.92. The highest BCUT2D eigenvalue weighted by Gasteiger charge is 2.37. The van der Waals surface area contributed by atoms with Crippen molar-refractivity contribution in [1.82, 2.24) is 5.32 Å². The van der Waals surface area contributed by atoms with Crippen LogP contribution in [-0.4, -0.2) is 47.2 Å². The number of ether oxygens (including phenoxy) is 3. The molecular weight excluding hydrogens is 468 g/mol. The normalized spacial score (nSPS) is 15.1. The van der Waals surface area contributed by atoms with Crippen molar-refractivity contribution in [2.24, 2.45) is 0 Å². The van der Waals surface area contributed by atoms with Gasteiger partial charge in [0.05, 0.1) is 30.8 Å². The largest absolute Gasteiger partial charge is 0.497 e. The molecule has 0 saturated heterocycles. The molecule has 1 amide bonds. The van der Waals surface area contributed by atoms with Gasteiger partial charge < -0.3 is 19.5 Å². The Morgan fingerprint density at radius 3 is 2.34 bits per heavy atom. The minimum atomic E-state index is -3.90. The number of sulfonamides is 1. The Morgan fingerprint density at radius 1 is 1.00 bits per heavy atom. The average Bonchev–Trinajstić information content (AvgIpc) is 2.86. The van der Waals surface area contributed by atoms with Crippen molar-refractivity contribution >= 4 is 21.6 Å². The molecule has 184 valence electrons. The summed E-state index contributed by atoms with van der Waals surface area (Å²) in [6.45, 7) is 4.10. The van der Waals surface area contributed by atoms with E-state index in [0.29, 0.717) is 17.2 Å². The topological polar surface area (TPSA) is 94.2 Å². The van der Waals surface area contributed by atoms with Gasteiger partial charge in [-0.3, -0.25) is 9.10 Å². The van der Waals surface area contributed by atoms with E-state index in [0.717, 1.165) is 16.9 Å². The van der Waals surface area contributed by atoms with Crippen molar-refractivity contribution in [2.45, 2.75) is 24.8 Å². The van der Waals surface area contributed by atoms with Gasteiger partial charge in [-0.25, -0.2) is 8.42 Å². The maximum atomic E-state index is 13.5. The van der Waals surface area contributed by atoms with E-state index in [2.05, 4.69) is 5.32 Å². The van der Waals surface area contributed by atoms with Crippen molar-refractivity contribution in [3.8, 4) is 17.2 Å². The number of aryl methyl sites for hydroxylation is 2. The summed E-state index contributed by atoms with van der Waals surface area (Å²) in [4.78, 5) is 13.1. The van der Waals surface area contributed by atoms with Crippen LogP contribution >= 0.6 is 0 Å². The third-order valence-corrected chi connectivity index (χ3v) is 7.41. The lowest BCUT2D eigenvalue weighted by molar-refractivity contribution is -0.127. The number of rotatable bonds is 8. The molecule has 8 nitrogen and oxygen atoms in total. The van der Waals surface area contributed by atoms with E-state index in [4.69, 9.17) is 14.2 Å². The zero-order valence-corrected chi connectivity index (χ0v) is 20.7. The molecule has 4 rings (SSSR count). The molecule has 1 N–H and O–H groups in total. The van der Waals surface area contributed by atoms with Crippen LogP contribution < -0.4 is 23.8 Å². The van der Waals surface area contributed by atoms with Gasteiger partial charge in [-0.05, 0) is 67.9 Å². The van der Waals surface area contributed by atoms with Crippen LogP contribution in [0.5, 0.6) is 17.2 Å². The Hall–Kier alpha value is -3.72. The van der Waals surface area contributed by atoms with Gasteiger partial charge in [0.15, 0.2) is 6.10 Å². The van der Waals surface area contributed by atoms with E-state index < -0.39 is 22.0 Å². The summed E-state index contributed by atoms with van der Waals surface area (Å²) in [5.74, 6) is 1.29. The zero-order valence-electron chi connectivity index (χ0n) is 19.9. The highest BCUT2D eigenvalue weighted by Crippen LogP contribution is 2.37. The lowest BCUT2D eigenvalue weighted by Crippen LogP contribution is -2.51. The molecule has 9 heteroatoms. The van der Waals surface area contributed by atoms with Gasteiger partial charge in [0.25, 0.3) is 15.9 Å². The third kappa shape index (κ3) is 5.51. The summed E-state index contributed by atoms with van der Waals surface area (Å²) in [7, 11) is -2.32. The fraction of sp³-hybridized carbons (Fsp3) is 0.269. The van der Waals surface area contributed by atoms with Gasteiger partial charge in [-0.2, -0.15) is 0 Å². The monoisotopic (exact) mass is 496 g/mol. The molecule has 1 unspecified atom stereocenters. The molecule has 3 aromatic carbocycles. The SMILES string of the molecule is COc1ccc(OCCNC(=O)C2CN(S(=O)(=O)c3ccc(C)cc3)c3cc(C)ccc3O2)cc1. The molecule has 0 bridgehead atoms. The van der Waals surface area contributed by atoms with Gasteiger partial charge in [0.1, 0.15) is 23.9 Å². The smallest absolute Gasteiger partial charge is 0.264 e. The second-order valence-corrected chi connectivity index (χ2v) is 10.1. The van der Waals surface area contributed by atoms with Gasteiger partial charge in [0, 0.05) is 0 Å². The van der Waals surface area contributed by atoms with Crippen molar-refractivity contribution in [1.29, 1.82) is 0 Å². The molecule has 0 saturated carbocycles. The Labute approximate surface area is 205 Å². The van der Waals surface area contributed by atoms with Crippen LogP contribution in [0.2, 0.25) is 0 Å². The van der Waals surface area contributed by atoms with Crippen LogP contribution in [-0.2, 0) is 14.8 Å². The fourth-order valence-electron chi connectivity index (χ4n) is 3.69. The fourth-order valence-corrected chi connectivity index (χ4v) is 5.16. The number of nitrogens with one attached hydrogen (secondary N) is 1. The first-order valence-corrected chi connectivity index (χ1v) is 12.6. The summed E-state index contributed by atoms with van der Waals surface area (Å²) < 4.78 is 44.9. The quantitative estimate of drug-likeness (QED) is 0.480. The standard InChI is InChI=1S/C26H28N2O6S/c1-18-4-11-22(12-5-18)35(30,31)28-17-25(34-24-13-6-19(2)16-23(24)28)26(29)27-14-15-33-21-9-7-20(32-3)8-10-21/h4-13,16,25H,14-15,17H2,1-3H3,(H,27,29). The lowest BCUT2D eigenvalue weighted by atomic mass is 10.1. The number of nitrogens with zero attached hydrogens (tertiary/aromatic N) is 1. The molecule has 0 aromatic heterocycles. The summed E-state index contributed by atoms with van der Waals surface area (Å²) in [5, 5.41) is 2.77. The maximum Gasteiger partial charge on any atom is 0.264 e. The third-order valence-electron chi connectivity index (χ3n) is 5.61. The molecule has 0 fully saturated rings. The number of hydrogen-bond donors (Lipinski definition) is 1. The summed E-state index contributed by atoms with van der Waals surface area (Å²) in [6.07, 6.45) is -1.01. The van der Waals surface area contributed by atoms with Crippen molar-refractivity contribution in [3.05, 3.63) is 77.9 Å². The molecular formula is C26H28N2O6S. The molecule has 0 radical (unpaired) electrons. The number of hydrogen-bond acceptors (Lipinski definition) is 6. The van der Waals surface area contributed by atoms with Crippen LogP contribution in [0.15, 0.2) is 71.6 Å². The van der Waals surface area contributed by atoms with Crippen molar-refractivity contribution < 1.29 is 27.4 Å². The minimum absolute atomic E-state index is 0.141. The zero-order chi connectivity index (χ0) is 25.0. The Morgan fingerprint density at radius 2 is 1.66 bits per heavy atom. The number of benzene rings is 3. The number of methoxy groups -OCH3 is 1. The van der Waals surface area contributed by atoms with Gasteiger partial charge in [-0.15, -0.1) is 0 Å². The maximum absolute atomic E-state index is 13.5. The predicted molar refractivity (Wildman–Crippen MR) is 133 cm³/mol. The summed E-state index contributed by atoms with van der Waals surface area (Å²) >= 11 is 0. The second-order valence-electron chi connectivity index (χ2n) is 8.24. The first-order valence-electron chi connectivity index (χ1n) is 11.2. The summed E-state index contributed by atoms with van der Waals surface area (Å²) in [6, 6.07) is 19.0. The second kappa shape index (κ2) is 10.3. The van der Waals surface area contributed by atoms with E-state index in [1.165, 1.54) is 4.31 Å². The molecule has 1 aliphatic rings. The van der Waals surface area contributed by atoms with Crippen LogP contribution in [0.4, 0.5) is 5.69 Å². The average molecular weight is 497 g/mol. The van der Waals surface area contributed by atoms with Crippen LogP contribution in [0.3, 0.4) is 0 Å². The van der Waals surface area contributed by atoms with Crippen molar-refractivity contribution in [2.75, 3.05) is 31.1 Å². The number of amides is 1.